The van der Waals surface area contributed by atoms with Gasteiger partial charge in [0.05, 0.1) is 12.4 Å². The number of nitrogens with two attached hydrogens (primary N) is 1. The first-order chi connectivity index (χ1) is 10.8. The molecule has 2 aromatic heterocycles. The van der Waals surface area contributed by atoms with Gasteiger partial charge in [0.1, 0.15) is 24.7 Å². The maximum Gasteiger partial charge on any atom is 0.167 e. The first-order valence-electron chi connectivity index (χ1n) is 6.47. The fourth-order valence-corrected chi connectivity index (χ4v) is 2.18. The molecular weight excluding hydrogens is 298 g/mol. The van der Waals surface area contributed by atoms with E-state index in [2.05, 4.69) is 45.8 Å². The second-order valence-electron chi connectivity index (χ2n) is 4.17. The van der Waals surface area contributed by atoms with Gasteiger partial charge in [-0.3, -0.25) is 9.82 Å². The van der Waals surface area contributed by atoms with Crippen LogP contribution in [0.5, 0.6) is 0 Å². The minimum atomic E-state index is -0.163. The van der Waals surface area contributed by atoms with Gasteiger partial charge in [-0.1, -0.05) is 7.43 Å². The number of nitrogens with zero attached hydrogens (tertiary/aromatic N) is 4. The molecule has 3 rings (SSSR count). The van der Waals surface area contributed by atoms with Gasteiger partial charge < -0.3 is 10.5 Å². The zero-order valence-corrected chi connectivity index (χ0v) is 12.1. The van der Waals surface area contributed by atoms with E-state index in [9.17, 15) is 0 Å². The molecule has 0 spiro atoms. The molecule has 8 nitrogen and oxygen atoms in total. The van der Waals surface area contributed by atoms with Gasteiger partial charge in [0.2, 0.25) is 0 Å². The number of aromatic nitrogens is 4. The van der Waals surface area contributed by atoms with E-state index in [4.69, 9.17) is 15.7 Å². The van der Waals surface area contributed by atoms with Crippen molar-refractivity contribution in [3.05, 3.63) is 25.8 Å². The summed E-state index contributed by atoms with van der Waals surface area (Å²) in [5.74, 6) is 0.354. The Morgan fingerprint density at radius 1 is 1.35 bits per heavy atom. The highest BCUT2D eigenvalue weighted by atomic mass is 17.1. The molecule has 23 heavy (non-hydrogen) atoms. The molecule has 0 saturated carbocycles. The molecule has 0 aliphatic carbocycles. The summed E-state index contributed by atoms with van der Waals surface area (Å²) in [4.78, 5) is 16.3. The van der Waals surface area contributed by atoms with E-state index in [1.165, 1.54) is 6.33 Å². The summed E-state index contributed by atoms with van der Waals surface area (Å²) < 4.78 is 7.56. The fraction of sp³-hybridized carbons (Fsp3) is 0.400. The summed E-state index contributed by atoms with van der Waals surface area (Å²) in [5.41, 5.74) is 6.95. The minimum Gasteiger partial charge on any atom is -0.382 e. The van der Waals surface area contributed by atoms with E-state index >= 15 is 0 Å². The molecule has 0 bridgehead atoms. The van der Waals surface area contributed by atoms with E-state index in [0.29, 0.717) is 17.0 Å². The Morgan fingerprint density at radius 2 is 2.04 bits per heavy atom. The van der Waals surface area contributed by atoms with Crippen molar-refractivity contribution in [2.45, 2.75) is 32.6 Å². The van der Waals surface area contributed by atoms with Crippen LogP contribution in [-0.2, 0) is 9.62 Å². The lowest BCUT2D eigenvalue weighted by molar-refractivity contribution is -0.260. The van der Waals surface area contributed by atoms with Crippen LogP contribution in [0.3, 0.4) is 0 Å². The molecule has 1 fully saturated rings. The molecule has 126 valence electrons. The lowest BCUT2D eigenvalue weighted by Crippen LogP contribution is -2.15. The molecule has 0 aromatic carbocycles. The van der Waals surface area contributed by atoms with Crippen LogP contribution in [0.25, 0.3) is 11.2 Å². The lowest BCUT2D eigenvalue weighted by atomic mass is 10.2. The third-order valence-corrected chi connectivity index (χ3v) is 3.04. The van der Waals surface area contributed by atoms with Crippen molar-refractivity contribution in [2.75, 3.05) is 12.3 Å². The molecule has 0 amide bonds. The lowest BCUT2D eigenvalue weighted by Gasteiger charge is -2.14. The zero-order valence-electron chi connectivity index (χ0n) is 12.1. The van der Waals surface area contributed by atoms with E-state index in [1.807, 2.05) is 4.57 Å². The van der Waals surface area contributed by atoms with Crippen molar-refractivity contribution in [2.24, 2.45) is 0 Å². The summed E-state index contributed by atoms with van der Waals surface area (Å²) in [5, 5.41) is 8.42. The third-order valence-electron chi connectivity index (χ3n) is 3.04. The number of rotatable bonds is 3. The SMILES string of the molecule is C.C#C.C=C.Nc1ncnc2c1ncn2C1CCC(COO)O1. The Hall–Kier alpha value is -2.47. The van der Waals surface area contributed by atoms with Gasteiger partial charge in [-0.05, 0) is 12.8 Å². The van der Waals surface area contributed by atoms with Crippen molar-refractivity contribution < 1.29 is 14.9 Å². The Labute approximate surface area is 135 Å². The topological polar surface area (TPSA) is 108 Å². The second kappa shape index (κ2) is 10.3. The van der Waals surface area contributed by atoms with Crippen LogP contribution in [-0.4, -0.2) is 37.5 Å². The van der Waals surface area contributed by atoms with E-state index in [1.54, 1.807) is 6.33 Å². The summed E-state index contributed by atoms with van der Waals surface area (Å²) in [6.07, 6.45) is 12.4. The largest absolute Gasteiger partial charge is 0.382 e. The van der Waals surface area contributed by atoms with E-state index < -0.39 is 0 Å². The molecule has 1 saturated heterocycles. The standard InChI is InChI=1S/C10H13N5O3.C2H4.C2H2.CH4/c11-9-8-10(13-4-12-9)15(5-14-8)7-2-1-6(18-7)3-17-16;2*1-2;/h4-7,16H,1-3H2,(H2,11,12,13);1-2H2;1-2H;1H4. The maximum atomic E-state index is 8.42. The Bertz CT molecular complexity index is 613. The van der Waals surface area contributed by atoms with E-state index in [-0.39, 0.29) is 26.4 Å². The predicted octanol–water partition coefficient (Wildman–Crippen LogP) is 2.26. The Kier molecular flexibility index (Phi) is 9.18. The highest BCUT2D eigenvalue weighted by Crippen LogP contribution is 2.30. The number of nitrogen functional groups attached to an aromatic ring is 1. The van der Waals surface area contributed by atoms with Gasteiger partial charge in [0, 0.05) is 0 Å². The number of terminal acetylenes is 1. The maximum absolute atomic E-state index is 8.42. The molecule has 3 N–H and O–H groups in total. The van der Waals surface area contributed by atoms with Gasteiger partial charge in [-0.2, -0.15) is 0 Å². The highest BCUT2D eigenvalue weighted by molar-refractivity contribution is 5.81. The fourth-order valence-electron chi connectivity index (χ4n) is 2.18. The summed E-state index contributed by atoms with van der Waals surface area (Å²) in [6.45, 7) is 6.17. The van der Waals surface area contributed by atoms with E-state index in [0.717, 1.165) is 12.8 Å². The van der Waals surface area contributed by atoms with Gasteiger partial charge in [0.15, 0.2) is 11.5 Å². The average molecular weight is 321 g/mol. The van der Waals surface area contributed by atoms with Crippen molar-refractivity contribution in [3.8, 4) is 12.8 Å². The van der Waals surface area contributed by atoms with Gasteiger partial charge in [-0.25, -0.2) is 19.8 Å². The van der Waals surface area contributed by atoms with Crippen LogP contribution in [0.15, 0.2) is 25.8 Å². The second-order valence-corrected chi connectivity index (χ2v) is 4.17. The molecule has 8 heteroatoms. The van der Waals surface area contributed by atoms with Crippen LogP contribution < -0.4 is 5.73 Å². The first kappa shape index (κ1) is 20.5. The first-order valence-corrected chi connectivity index (χ1v) is 6.47. The molecule has 0 radical (unpaired) electrons. The summed E-state index contributed by atoms with van der Waals surface area (Å²) in [6, 6.07) is 0. The van der Waals surface area contributed by atoms with Gasteiger partial charge in [0.25, 0.3) is 0 Å². The van der Waals surface area contributed by atoms with Crippen LogP contribution in [0.1, 0.15) is 26.5 Å². The van der Waals surface area contributed by atoms with Crippen molar-refractivity contribution in [1.29, 1.82) is 0 Å². The molecular formula is C15H23N5O3. The average Bonchev–Trinajstić information content (AvgIpc) is 3.19. The van der Waals surface area contributed by atoms with Crippen molar-refractivity contribution >= 4 is 17.0 Å². The normalized spacial score (nSPS) is 18.9. The molecule has 1 aliphatic rings. The van der Waals surface area contributed by atoms with Gasteiger partial charge >= 0.3 is 0 Å². The number of fused-ring (bicyclic) bond motifs is 1. The summed E-state index contributed by atoms with van der Waals surface area (Å²) >= 11 is 0. The Balaban J connectivity index is 0.000000901. The molecule has 1 aliphatic heterocycles. The van der Waals surface area contributed by atoms with Crippen molar-refractivity contribution in [1.82, 2.24) is 19.5 Å². The smallest absolute Gasteiger partial charge is 0.167 e. The highest BCUT2D eigenvalue weighted by Gasteiger charge is 2.28. The Morgan fingerprint density at radius 3 is 2.70 bits per heavy atom. The number of hydrogen-bond donors (Lipinski definition) is 2. The molecule has 2 aromatic rings. The van der Waals surface area contributed by atoms with Crippen molar-refractivity contribution in [3.63, 3.8) is 0 Å². The molecule has 2 unspecified atom stereocenters. The molecule has 3 heterocycles. The quantitative estimate of drug-likeness (QED) is 0.386. The number of ether oxygens (including phenoxy) is 1. The van der Waals surface area contributed by atoms with Crippen LogP contribution >= 0.6 is 0 Å². The monoisotopic (exact) mass is 321 g/mol. The third kappa shape index (κ3) is 4.50. The number of hydrogen-bond acceptors (Lipinski definition) is 7. The zero-order chi connectivity index (χ0) is 16.5. The van der Waals surface area contributed by atoms with Gasteiger partial charge in [-0.15, -0.1) is 26.0 Å². The summed E-state index contributed by atoms with van der Waals surface area (Å²) in [7, 11) is 0. The van der Waals surface area contributed by atoms with Crippen LogP contribution in [0.2, 0.25) is 0 Å². The van der Waals surface area contributed by atoms with Crippen LogP contribution in [0.4, 0.5) is 5.82 Å². The van der Waals surface area contributed by atoms with Crippen LogP contribution in [0, 0.1) is 12.8 Å². The minimum absolute atomic E-state index is 0. The molecule has 2 atom stereocenters. The predicted molar refractivity (Wildman–Crippen MR) is 89.3 cm³/mol. The number of imidazole rings is 1. The number of anilines is 1.